The number of fused-ring (bicyclic) bond motifs is 1. The first kappa shape index (κ1) is 22.0. The van der Waals surface area contributed by atoms with Crippen molar-refractivity contribution in [2.45, 2.75) is 19.1 Å². The number of aryl methyl sites for hydroxylation is 1. The molecule has 5 nitrogen and oxygen atoms in total. The third kappa shape index (κ3) is 4.75. The Labute approximate surface area is 203 Å². The van der Waals surface area contributed by atoms with Gasteiger partial charge in [0.2, 0.25) is 11.8 Å². The summed E-state index contributed by atoms with van der Waals surface area (Å²) >= 11 is 6.05. The molecule has 170 valence electrons. The Morgan fingerprint density at radius 2 is 1.44 bits per heavy atom. The maximum absolute atomic E-state index is 6.21. The van der Waals surface area contributed by atoms with Crippen molar-refractivity contribution in [1.82, 2.24) is 14.8 Å². The van der Waals surface area contributed by atoms with Crippen LogP contribution in [0.25, 0.3) is 22.2 Å². The second-order valence-corrected chi connectivity index (χ2v) is 8.28. The Balaban J connectivity index is 1.51. The van der Waals surface area contributed by atoms with E-state index in [9.17, 15) is 0 Å². The van der Waals surface area contributed by atoms with E-state index in [0.29, 0.717) is 30.9 Å². The normalized spacial score (nSPS) is 11.0. The highest BCUT2D eigenvalue weighted by Crippen LogP contribution is 2.35. The van der Waals surface area contributed by atoms with E-state index in [1.165, 1.54) is 0 Å². The number of rotatable bonds is 8. The number of nitrogens with zero attached hydrogens (tertiary/aromatic N) is 3. The summed E-state index contributed by atoms with van der Waals surface area (Å²) in [6.45, 7) is 0.823. The van der Waals surface area contributed by atoms with Crippen LogP contribution in [0.4, 0.5) is 0 Å². The minimum Gasteiger partial charge on any atom is -0.473 e. The van der Waals surface area contributed by atoms with E-state index in [1.807, 2.05) is 90.6 Å². The van der Waals surface area contributed by atoms with E-state index < -0.39 is 0 Å². The first-order valence-electron chi connectivity index (χ1n) is 11.1. The molecule has 3 aromatic carbocycles. The summed E-state index contributed by atoms with van der Waals surface area (Å²) in [6.07, 6.45) is 0. The average Bonchev–Trinajstić information content (AvgIpc) is 3.22. The molecule has 0 saturated heterocycles. The quantitative estimate of drug-likeness (QED) is 0.242. The number of ether oxygens (including phenoxy) is 2. The van der Waals surface area contributed by atoms with Gasteiger partial charge in [0, 0.05) is 24.4 Å². The average molecular weight is 470 g/mol. The fourth-order valence-electron chi connectivity index (χ4n) is 3.84. The Hall–Kier alpha value is -3.83. The van der Waals surface area contributed by atoms with Gasteiger partial charge in [0.25, 0.3) is 0 Å². The predicted octanol–water partition coefficient (Wildman–Crippen LogP) is 6.53. The standard InChI is InChI=1S/C28H24ClN3O2/c1-32-25-16-22(17-29)12-13-23(25)27(31-32)24-14-15-26(33-18-20-8-4-2-5-9-20)30-28(24)34-19-21-10-6-3-7-11-21/h2-16H,17-19H2,1H3. The smallest absolute Gasteiger partial charge is 0.226 e. The summed E-state index contributed by atoms with van der Waals surface area (Å²) in [7, 11) is 1.93. The molecular weight excluding hydrogens is 446 g/mol. The van der Waals surface area contributed by atoms with E-state index in [-0.39, 0.29) is 0 Å². The number of alkyl halides is 1. The zero-order valence-electron chi connectivity index (χ0n) is 18.8. The minimum absolute atomic E-state index is 0.393. The number of hydrogen-bond donors (Lipinski definition) is 0. The van der Waals surface area contributed by atoms with Crippen molar-refractivity contribution >= 4 is 22.5 Å². The summed E-state index contributed by atoms with van der Waals surface area (Å²) in [5, 5.41) is 5.80. The van der Waals surface area contributed by atoms with Crippen LogP contribution < -0.4 is 9.47 Å². The highest BCUT2D eigenvalue weighted by molar-refractivity contribution is 6.17. The molecule has 2 aromatic heterocycles. The highest BCUT2D eigenvalue weighted by atomic mass is 35.5. The molecule has 34 heavy (non-hydrogen) atoms. The second kappa shape index (κ2) is 9.98. The summed E-state index contributed by atoms with van der Waals surface area (Å²) < 4.78 is 14.0. The van der Waals surface area contributed by atoms with Crippen molar-refractivity contribution in [3.63, 3.8) is 0 Å². The van der Waals surface area contributed by atoms with E-state index in [0.717, 1.165) is 38.9 Å². The molecule has 5 rings (SSSR count). The van der Waals surface area contributed by atoms with Crippen LogP contribution in [0.5, 0.6) is 11.8 Å². The zero-order valence-corrected chi connectivity index (χ0v) is 19.6. The summed E-state index contributed by atoms with van der Waals surface area (Å²) in [5.74, 6) is 1.44. The summed E-state index contributed by atoms with van der Waals surface area (Å²) in [4.78, 5) is 4.71. The number of aromatic nitrogens is 3. The number of hydrogen-bond acceptors (Lipinski definition) is 4. The Bertz CT molecular complexity index is 1400. The van der Waals surface area contributed by atoms with Gasteiger partial charge >= 0.3 is 0 Å². The molecule has 0 aliphatic carbocycles. The van der Waals surface area contributed by atoms with E-state index in [1.54, 1.807) is 0 Å². The minimum atomic E-state index is 0.393. The number of halogens is 1. The second-order valence-electron chi connectivity index (χ2n) is 8.01. The topological polar surface area (TPSA) is 49.2 Å². The third-order valence-corrected chi connectivity index (χ3v) is 5.92. The first-order valence-corrected chi connectivity index (χ1v) is 11.6. The first-order chi connectivity index (χ1) is 16.7. The Morgan fingerprint density at radius 1 is 0.765 bits per heavy atom. The van der Waals surface area contributed by atoms with Gasteiger partial charge in [-0.15, -0.1) is 11.6 Å². The molecule has 0 atom stereocenters. The molecule has 0 radical (unpaired) electrons. The largest absolute Gasteiger partial charge is 0.473 e. The molecule has 0 unspecified atom stereocenters. The fourth-order valence-corrected chi connectivity index (χ4v) is 4.00. The van der Waals surface area contributed by atoms with Crippen LogP contribution >= 0.6 is 11.6 Å². The lowest BCUT2D eigenvalue weighted by atomic mass is 10.1. The maximum atomic E-state index is 6.21. The van der Waals surface area contributed by atoms with Gasteiger partial charge in [0.15, 0.2) is 0 Å². The van der Waals surface area contributed by atoms with Crippen molar-refractivity contribution in [1.29, 1.82) is 0 Å². The van der Waals surface area contributed by atoms with Crippen LogP contribution in [0.3, 0.4) is 0 Å². The van der Waals surface area contributed by atoms with E-state index in [4.69, 9.17) is 31.2 Å². The van der Waals surface area contributed by atoms with Crippen LogP contribution in [-0.2, 0) is 26.1 Å². The molecule has 0 bridgehead atoms. The highest BCUT2D eigenvalue weighted by Gasteiger charge is 2.18. The van der Waals surface area contributed by atoms with Crippen molar-refractivity contribution in [3.8, 4) is 23.0 Å². The van der Waals surface area contributed by atoms with Crippen LogP contribution in [0.2, 0.25) is 0 Å². The molecule has 2 heterocycles. The van der Waals surface area contributed by atoms with Crippen LogP contribution in [-0.4, -0.2) is 14.8 Å². The number of pyridine rings is 1. The van der Waals surface area contributed by atoms with Gasteiger partial charge in [-0.2, -0.15) is 10.1 Å². The molecule has 0 saturated carbocycles. The maximum Gasteiger partial charge on any atom is 0.226 e. The van der Waals surface area contributed by atoms with Gasteiger partial charge in [-0.05, 0) is 28.8 Å². The lowest BCUT2D eigenvalue weighted by molar-refractivity contribution is 0.268. The lowest BCUT2D eigenvalue weighted by Crippen LogP contribution is -2.02. The molecule has 0 amide bonds. The Morgan fingerprint density at radius 3 is 2.12 bits per heavy atom. The molecule has 0 aliphatic heterocycles. The molecule has 0 spiro atoms. The van der Waals surface area contributed by atoms with E-state index in [2.05, 4.69) is 12.1 Å². The Kier molecular flexibility index (Phi) is 6.45. The van der Waals surface area contributed by atoms with Gasteiger partial charge in [-0.1, -0.05) is 72.8 Å². The number of benzene rings is 3. The molecule has 0 aliphatic rings. The lowest BCUT2D eigenvalue weighted by Gasteiger charge is -2.12. The van der Waals surface area contributed by atoms with Crippen molar-refractivity contribution in [3.05, 3.63) is 108 Å². The van der Waals surface area contributed by atoms with Crippen molar-refractivity contribution in [2.75, 3.05) is 0 Å². The molecular formula is C28H24ClN3O2. The summed E-state index contributed by atoms with van der Waals surface area (Å²) in [6, 6.07) is 30.0. The molecule has 0 fully saturated rings. The SMILES string of the molecule is Cn1nc(-c2ccc(OCc3ccccc3)nc2OCc2ccccc2)c2ccc(CCl)cc21. The van der Waals surface area contributed by atoms with Gasteiger partial charge in [0.1, 0.15) is 18.9 Å². The van der Waals surface area contributed by atoms with E-state index >= 15 is 0 Å². The van der Waals surface area contributed by atoms with Gasteiger partial charge < -0.3 is 9.47 Å². The van der Waals surface area contributed by atoms with Crippen LogP contribution in [0, 0.1) is 0 Å². The molecule has 5 aromatic rings. The zero-order chi connectivity index (χ0) is 23.3. The van der Waals surface area contributed by atoms with Gasteiger partial charge in [-0.3, -0.25) is 4.68 Å². The van der Waals surface area contributed by atoms with Crippen molar-refractivity contribution in [2.24, 2.45) is 7.05 Å². The fraction of sp³-hybridized carbons (Fsp3) is 0.143. The summed E-state index contributed by atoms with van der Waals surface area (Å²) in [5.41, 5.74) is 5.81. The van der Waals surface area contributed by atoms with Gasteiger partial charge in [-0.25, -0.2) is 0 Å². The van der Waals surface area contributed by atoms with Gasteiger partial charge in [0.05, 0.1) is 11.1 Å². The van der Waals surface area contributed by atoms with Crippen LogP contribution in [0.15, 0.2) is 91.0 Å². The van der Waals surface area contributed by atoms with Crippen molar-refractivity contribution < 1.29 is 9.47 Å². The molecule has 6 heteroatoms. The predicted molar refractivity (Wildman–Crippen MR) is 135 cm³/mol. The third-order valence-electron chi connectivity index (χ3n) is 5.61. The molecule has 0 N–H and O–H groups in total. The monoisotopic (exact) mass is 469 g/mol. The van der Waals surface area contributed by atoms with Crippen LogP contribution in [0.1, 0.15) is 16.7 Å².